The minimum atomic E-state index is 0.00778. The first-order valence-corrected chi connectivity index (χ1v) is 8.30. The Hall–Kier alpha value is -2.20. The van der Waals surface area contributed by atoms with Gasteiger partial charge in [0.25, 0.3) is 5.91 Å². The Morgan fingerprint density at radius 2 is 1.79 bits per heavy atom. The maximum Gasteiger partial charge on any atom is 0.254 e. The van der Waals surface area contributed by atoms with Gasteiger partial charge in [0.2, 0.25) is 0 Å². The minimum Gasteiger partial charge on any atom is -0.493 e. The zero-order valence-electron chi connectivity index (χ0n) is 13.8. The summed E-state index contributed by atoms with van der Waals surface area (Å²) in [6.45, 7) is 0.750. The molecule has 126 valence electrons. The highest BCUT2D eigenvalue weighted by molar-refractivity contribution is 6.30. The fraction of sp³-hybridized carbons (Fsp3) is 0.316. The van der Waals surface area contributed by atoms with Crippen LogP contribution in [0.2, 0.25) is 5.02 Å². The summed E-state index contributed by atoms with van der Waals surface area (Å²) in [4.78, 5) is 14.9. The molecular weight excluding hydrogens is 326 g/mol. The maximum absolute atomic E-state index is 13.0. The number of hydrogen-bond donors (Lipinski definition) is 0. The lowest BCUT2D eigenvalue weighted by Crippen LogP contribution is -2.30. The number of carbonyl (C=O) groups excluding carboxylic acids is 1. The molecule has 1 saturated heterocycles. The Labute approximate surface area is 146 Å². The van der Waals surface area contributed by atoms with Gasteiger partial charge in [0.05, 0.1) is 20.3 Å². The van der Waals surface area contributed by atoms with Crippen LogP contribution >= 0.6 is 11.6 Å². The van der Waals surface area contributed by atoms with E-state index in [9.17, 15) is 4.79 Å². The van der Waals surface area contributed by atoms with Gasteiger partial charge in [0.1, 0.15) is 0 Å². The zero-order chi connectivity index (χ0) is 17.1. The Bertz CT molecular complexity index is 730. The third-order valence-corrected chi connectivity index (χ3v) is 4.65. The molecule has 4 nitrogen and oxygen atoms in total. The zero-order valence-corrected chi connectivity index (χ0v) is 14.5. The van der Waals surface area contributed by atoms with Crippen LogP contribution in [0.1, 0.15) is 34.8 Å². The fourth-order valence-electron chi connectivity index (χ4n) is 3.18. The van der Waals surface area contributed by atoms with Gasteiger partial charge >= 0.3 is 0 Å². The molecule has 0 spiro atoms. The molecule has 0 aliphatic carbocycles. The van der Waals surface area contributed by atoms with E-state index >= 15 is 0 Å². The van der Waals surface area contributed by atoms with E-state index in [0.29, 0.717) is 22.1 Å². The molecule has 1 fully saturated rings. The number of benzene rings is 2. The highest BCUT2D eigenvalue weighted by Crippen LogP contribution is 2.35. The number of ether oxygens (including phenoxy) is 2. The molecule has 3 rings (SSSR count). The van der Waals surface area contributed by atoms with E-state index in [4.69, 9.17) is 21.1 Å². The molecule has 1 amide bonds. The second-order valence-corrected chi connectivity index (χ2v) is 6.21. The molecule has 5 heteroatoms. The lowest BCUT2D eigenvalue weighted by Gasteiger charge is -2.25. The molecule has 0 aromatic heterocycles. The van der Waals surface area contributed by atoms with Crippen LogP contribution in [0.5, 0.6) is 11.5 Å². The Balaban J connectivity index is 1.87. The molecule has 0 saturated carbocycles. The Morgan fingerprint density at radius 3 is 2.46 bits per heavy atom. The van der Waals surface area contributed by atoms with Gasteiger partial charge in [-0.25, -0.2) is 0 Å². The van der Waals surface area contributed by atoms with Crippen molar-refractivity contribution in [3.8, 4) is 11.5 Å². The summed E-state index contributed by atoms with van der Waals surface area (Å²) < 4.78 is 10.5. The molecule has 1 aliphatic heterocycles. The van der Waals surface area contributed by atoms with Crippen LogP contribution in [0.4, 0.5) is 0 Å². The van der Waals surface area contributed by atoms with E-state index in [1.807, 2.05) is 29.2 Å². The van der Waals surface area contributed by atoms with Crippen molar-refractivity contribution in [3.63, 3.8) is 0 Å². The number of halogens is 1. The maximum atomic E-state index is 13.0. The molecule has 1 heterocycles. The largest absolute Gasteiger partial charge is 0.493 e. The number of hydrogen-bond acceptors (Lipinski definition) is 3. The Kier molecular flexibility index (Phi) is 4.95. The third-order valence-electron chi connectivity index (χ3n) is 4.40. The number of carbonyl (C=O) groups is 1. The van der Waals surface area contributed by atoms with Crippen LogP contribution in [-0.2, 0) is 0 Å². The highest BCUT2D eigenvalue weighted by Gasteiger charge is 2.30. The summed E-state index contributed by atoms with van der Waals surface area (Å²) in [5.74, 6) is 1.18. The Morgan fingerprint density at radius 1 is 1.08 bits per heavy atom. The molecule has 0 N–H and O–H groups in total. The van der Waals surface area contributed by atoms with Crippen LogP contribution in [-0.4, -0.2) is 31.6 Å². The minimum absolute atomic E-state index is 0.00778. The van der Waals surface area contributed by atoms with E-state index in [-0.39, 0.29) is 11.9 Å². The van der Waals surface area contributed by atoms with Gasteiger partial charge in [0, 0.05) is 17.1 Å². The summed E-state index contributed by atoms with van der Waals surface area (Å²) in [6.07, 6.45) is 1.95. The summed E-state index contributed by atoms with van der Waals surface area (Å²) in [5, 5.41) is 0.703. The molecule has 1 aliphatic rings. The van der Waals surface area contributed by atoms with Gasteiger partial charge in [-0.05, 0) is 48.7 Å². The topological polar surface area (TPSA) is 38.8 Å². The highest BCUT2D eigenvalue weighted by atomic mass is 35.5. The van der Waals surface area contributed by atoms with Crippen LogP contribution in [0.3, 0.4) is 0 Å². The first-order chi connectivity index (χ1) is 11.6. The average molecular weight is 346 g/mol. The van der Waals surface area contributed by atoms with Gasteiger partial charge in [0.15, 0.2) is 11.5 Å². The average Bonchev–Trinajstić information content (AvgIpc) is 3.10. The van der Waals surface area contributed by atoms with Gasteiger partial charge in [-0.1, -0.05) is 23.7 Å². The van der Waals surface area contributed by atoms with Crippen molar-refractivity contribution in [2.45, 2.75) is 18.9 Å². The van der Waals surface area contributed by atoms with Gasteiger partial charge in [-0.3, -0.25) is 4.79 Å². The number of nitrogens with zero attached hydrogens (tertiary/aromatic N) is 1. The smallest absolute Gasteiger partial charge is 0.254 e. The summed E-state index contributed by atoms with van der Waals surface area (Å²) in [6, 6.07) is 13.1. The number of rotatable bonds is 4. The SMILES string of the molecule is COc1ccc(C(=O)N2CCC[C@@H]2c2ccc(Cl)cc2)cc1OC. The molecule has 2 aromatic carbocycles. The van der Waals surface area contributed by atoms with Crippen molar-refractivity contribution < 1.29 is 14.3 Å². The summed E-state index contributed by atoms with van der Waals surface area (Å²) in [7, 11) is 3.15. The predicted molar refractivity (Wildman–Crippen MR) is 94.0 cm³/mol. The molecule has 2 aromatic rings. The van der Waals surface area contributed by atoms with Gasteiger partial charge in [-0.15, -0.1) is 0 Å². The van der Waals surface area contributed by atoms with Crippen LogP contribution in [0.15, 0.2) is 42.5 Å². The quantitative estimate of drug-likeness (QED) is 0.827. The second kappa shape index (κ2) is 7.14. The van der Waals surface area contributed by atoms with E-state index in [0.717, 1.165) is 24.9 Å². The van der Waals surface area contributed by atoms with Gasteiger partial charge < -0.3 is 14.4 Å². The van der Waals surface area contributed by atoms with E-state index < -0.39 is 0 Å². The van der Waals surface area contributed by atoms with Crippen molar-refractivity contribution in [1.82, 2.24) is 4.90 Å². The van der Waals surface area contributed by atoms with Crippen LogP contribution in [0, 0.1) is 0 Å². The van der Waals surface area contributed by atoms with E-state index in [2.05, 4.69) is 0 Å². The van der Waals surface area contributed by atoms with Gasteiger partial charge in [-0.2, -0.15) is 0 Å². The molecule has 1 atom stereocenters. The first kappa shape index (κ1) is 16.7. The molecule has 0 bridgehead atoms. The van der Waals surface area contributed by atoms with Crippen molar-refractivity contribution in [2.75, 3.05) is 20.8 Å². The number of likely N-dealkylation sites (tertiary alicyclic amines) is 1. The normalized spacial score (nSPS) is 17.0. The van der Waals surface area contributed by atoms with Crippen molar-refractivity contribution in [2.24, 2.45) is 0 Å². The summed E-state index contributed by atoms with van der Waals surface area (Å²) in [5.41, 5.74) is 1.72. The summed E-state index contributed by atoms with van der Waals surface area (Å²) >= 11 is 5.97. The van der Waals surface area contributed by atoms with E-state index in [1.165, 1.54) is 0 Å². The standard InChI is InChI=1S/C19H20ClNO3/c1-23-17-10-7-14(12-18(17)24-2)19(22)21-11-3-4-16(21)13-5-8-15(20)9-6-13/h5-10,12,16H,3-4,11H2,1-2H3/t16-/m1/s1. The lowest BCUT2D eigenvalue weighted by atomic mass is 10.0. The van der Waals surface area contributed by atoms with E-state index in [1.54, 1.807) is 32.4 Å². The fourth-order valence-corrected chi connectivity index (χ4v) is 3.30. The van der Waals surface area contributed by atoms with Crippen LogP contribution < -0.4 is 9.47 Å². The molecule has 0 radical (unpaired) electrons. The second-order valence-electron chi connectivity index (χ2n) is 5.78. The van der Waals surface area contributed by atoms with Crippen molar-refractivity contribution >= 4 is 17.5 Å². The predicted octanol–water partition coefficient (Wildman–Crippen LogP) is 4.33. The molecule has 0 unspecified atom stereocenters. The molecular formula is C19H20ClNO3. The van der Waals surface area contributed by atoms with Crippen LogP contribution in [0.25, 0.3) is 0 Å². The number of methoxy groups -OCH3 is 2. The van der Waals surface area contributed by atoms with Crippen molar-refractivity contribution in [1.29, 1.82) is 0 Å². The lowest BCUT2D eigenvalue weighted by molar-refractivity contribution is 0.0735. The third kappa shape index (κ3) is 3.20. The monoisotopic (exact) mass is 345 g/mol. The molecule has 24 heavy (non-hydrogen) atoms. The first-order valence-electron chi connectivity index (χ1n) is 7.92. The van der Waals surface area contributed by atoms with Crippen molar-refractivity contribution in [3.05, 3.63) is 58.6 Å². The number of amides is 1.